The van der Waals surface area contributed by atoms with Crippen molar-refractivity contribution in [3.05, 3.63) is 46.1 Å². The van der Waals surface area contributed by atoms with Crippen molar-refractivity contribution in [2.45, 2.75) is 24.9 Å². The number of esters is 1. The first-order chi connectivity index (χ1) is 12.2. The molecule has 0 fully saturated rings. The molecule has 0 amide bonds. The van der Waals surface area contributed by atoms with Gasteiger partial charge in [-0.1, -0.05) is 55.4 Å². The van der Waals surface area contributed by atoms with E-state index in [0.29, 0.717) is 22.0 Å². The van der Waals surface area contributed by atoms with Gasteiger partial charge in [-0.15, -0.1) is 11.3 Å². The molecule has 25 heavy (non-hydrogen) atoms. The molecule has 0 aliphatic heterocycles. The Labute approximate surface area is 153 Å². The van der Waals surface area contributed by atoms with Crippen molar-refractivity contribution < 1.29 is 9.53 Å². The van der Waals surface area contributed by atoms with Gasteiger partial charge in [0.25, 0.3) is 5.56 Å². The lowest BCUT2D eigenvalue weighted by Crippen LogP contribution is -2.11. The highest BCUT2D eigenvalue weighted by Crippen LogP contribution is 2.31. The van der Waals surface area contributed by atoms with Gasteiger partial charge >= 0.3 is 5.97 Å². The second-order valence-corrected chi connectivity index (χ2v) is 7.25. The van der Waals surface area contributed by atoms with Gasteiger partial charge in [-0.2, -0.15) is 0 Å². The molecule has 0 aliphatic rings. The predicted octanol–water partition coefficient (Wildman–Crippen LogP) is 4.09. The molecule has 3 aromatic rings. The summed E-state index contributed by atoms with van der Waals surface area (Å²) in [5, 5.41) is 2.97. The van der Waals surface area contributed by atoms with Crippen LogP contribution in [0, 0.1) is 0 Å². The Balaban J connectivity index is 1.77. The SMILES string of the molecule is CCCCOC(=O)CSc1nc2scc(-c3ccccc3)c2c(=O)[nH]1. The van der Waals surface area contributed by atoms with Gasteiger partial charge in [0.2, 0.25) is 0 Å². The van der Waals surface area contributed by atoms with Crippen LogP contribution in [0.4, 0.5) is 0 Å². The number of ether oxygens (including phenoxy) is 1. The fourth-order valence-corrected chi connectivity index (χ4v) is 3.99. The topological polar surface area (TPSA) is 72.0 Å². The van der Waals surface area contributed by atoms with Crippen LogP contribution >= 0.6 is 23.1 Å². The standard InChI is InChI=1S/C18H18N2O3S2/c1-2-3-9-23-14(21)11-25-18-19-16(22)15-13(10-24-17(15)20-18)12-7-5-4-6-8-12/h4-8,10H,2-3,9,11H2,1H3,(H,19,20,22). The number of carbonyl (C=O) groups is 1. The van der Waals surface area contributed by atoms with Crippen LogP contribution < -0.4 is 5.56 Å². The Kier molecular flexibility index (Phi) is 5.88. The van der Waals surface area contributed by atoms with Crippen molar-refractivity contribution in [1.82, 2.24) is 9.97 Å². The molecule has 0 radical (unpaired) electrons. The van der Waals surface area contributed by atoms with Gasteiger partial charge in [-0.25, -0.2) is 4.98 Å². The summed E-state index contributed by atoms with van der Waals surface area (Å²) in [6, 6.07) is 9.75. The number of hydrogen-bond acceptors (Lipinski definition) is 6. The number of nitrogens with one attached hydrogen (secondary N) is 1. The van der Waals surface area contributed by atoms with Crippen LogP contribution in [0.25, 0.3) is 21.3 Å². The minimum Gasteiger partial charge on any atom is -0.465 e. The quantitative estimate of drug-likeness (QED) is 0.292. The van der Waals surface area contributed by atoms with Gasteiger partial charge in [0, 0.05) is 10.9 Å². The number of aromatic nitrogens is 2. The molecule has 5 nitrogen and oxygen atoms in total. The molecule has 2 aromatic heterocycles. The van der Waals surface area contributed by atoms with E-state index in [9.17, 15) is 9.59 Å². The minimum atomic E-state index is -0.294. The third kappa shape index (κ3) is 4.29. The lowest BCUT2D eigenvalue weighted by molar-refractivity contribution is -0.140. The number of carbonyl (C=O) groups excluding carboxylic acids is 1. The van der Waals surface area contributed by atoms with Crippen molar-refractivity contribution >= 4 is 39.3 Å². The molecule has 2 heterocycles. The summed E-state index contributed by atoms with van der Waals surface area (Å²) >= 11 is 2.61. The number of benzene rings is 1. The Morgan fingerprint density at radius 2 is 2.12 bits per heavy atom. The second-order valence-electron chi connectivity index (χ2n) is 5.43. The highest BCUT2D eigenvalue weighted by molar-refractivity contribution is 7.99. The molecule has 0 spiro atoms. The summed E-state index contributed by atoms with van der Waals surface area (Å²) in [5.41, 5.74) is 1.68. The van der Waals surface area contributed by atoms with Crippen LogP contribution in [-0.4, -0.2) is 28.3 Å². The predicted molar refractivity (Wildman–Crippen MR) is 102 cm³/mol. The maximum absolute atomic E-state index is 12.5. The highest BCUT2D eigenvalue weighted by Gasteiger charge is 2.14. The van der Waals surface area contributed by atoms with E-state index in [4.69, 9.17) is 4.74 Å². The van der Waals surface area contributed by atoms with Crippen LogP contribution in [0.15, 0.2) is 45.7 Å². The summed E-state index contributed by atoms with van der Waals surface area (Å²) in [4.78, 5) is 32.1. The first-order valence-corrected chi connectivity index (χ1v) is 9.91. The first-order valence-electron chi connectivity index (χ1n) is 8.04. The molecule has 7 heteroatoms. The molecule has 0 unspecified atom stereocenters. The number of aromatic amines is 1. The average Bonchev–Trinajstić information content (AvgIpc) is 3.05. The summed E-state index contributed by atoms with van der Waals surface area (Å²) in [7, 11) is 0. The lowest BCUT2D eigenvalue weighted by Gasteiger charge is -2.04. The average molecular weight is 374 g/mol. The number of unbranched alkanes of at least 4 members (excludes halogenated alkanes) is 1. The number of fused-ring (bicyclic) bond motifs is 1. The summed E-state index contributed by atoms with van der Waals surface area (Å²) in [6.45, 7) is 2.47. The summed E-state index contributed by atoms with van der Waals surface area (Å²) < 4.78 is 5.11. The van der Waals surface area contributed by atoms with E-state index in [2.05, 4.69) is 9.97 Å². The van der Waals surface area contributed by atoms with E-state index in [1.54, 1.807) is 0 Å². The molecule has 130 valence electrons. The van der Waals surface area contributed by atoms with Gasteiger partial charge < -0.3 is 9.72 Å². The van der Waals surface area contributed by atoms with E-state index in [1.165, 1.54) is 23.1 Å². The van der Waals surface area contributed by atoms with E-state index in [-0.39, 0.29) is 17.3 Å². The van der Waals surface area contributed by atoms with E-state index in [1.807, 2.05) is 42.6 Å². The Bertz CT molecular complexity index is 919. The smallest absolute Gasteiger partial charge is 0.316 e. The molecule has 3 rings (SSSR count). The molecular weight excluding hydrogens is 356 g/mol. The lowest BCUT2D eigenvalue weighted by atomic mass is 10.1. The summed E-state index contributed by atoms with van der Waals surface area (Å²) in [5.74, 6) is -0.160. The van der Waals surface area contributed by atoms with Gasteiger partial charge in [0.15, 0.2) is 5.16 Å². The molecule has 0 saturated carbocycles. The molecule has 0 bridgehead atoms. The number of nitrogens with zero attached hydrogens (tertiary/aromatic N) is 1. The maximum atomic E-state index is 12.5. The van der Waals surface area contributed by atoms with E-state index >= 15 is 0 Å². The van der Waals surface area contributed by atoms with Crippen LogP contribution in [-0.2, 0) is 9.53 Å². The number of thioether (sulfide) groups is 1. The monoisotopic (exact) mass is 374 g/mol. The fraction of sp³-hybridized carbons (Fsp3) is 0.278. The van der Waals surface area contributed by atoms with Gasteiger partial charge in [0.1, 0.15) is 4.83 Å². The summed E-state index contributed by atoms with van der Waals surface area (Å²) in [6.07, 6.45) is 1.84. The largest absolute Gasteiger partial charge is 0.465 e. The number of rotatable bonds is 7. The van der Waals surface area contributed by atoms with Gasteiger partial charge in [0.05, 0.1) is 17.7 Å². The Morgan fingerprint density at radius 3 is 2.88 bits per heavy atom. The van der Waals surface area contributed by atoms with Crippen LogP contribution in [0.5, 0.6) is 0 Å². The molecule has 1 aromatic carbocycles. The van der Waals surface area contributed by atoms with Crippen molar-refractivity contribution in [3.8, 4) is 11.1 Å². The van der Waals surface area contributed by atoms with E-state index in [0.717, 1.165) is 24.0 Å². The zero-order chi connectivity index (χ0) is 17.6. The number of H-pyrrole nitrogens is 1. The Morgan fingerprint density at radius 1 is 1.32 bits per heavy atom. The van der Waals surface area contributed by atoms with Gasteiger partial charge in [-0.3, -0.25) is 9.59 Å². The van der Waals surface area contributed by atoms with E-state index < -0.39 is 0 Å². The Hall–Kier alpha value is -2.12. The molecule has 0 atom stereocenters. The molecule has 0 saturated heterocycles. The number of thiophene rings is 1. The molecule has 1 N–H and O–H groups in total. The van der Waals surface area contributed by atoms with Crippen LogP contribution in [0.3, 0.4) is 0 Å². The second kappa shape index (κ2) is 8.31. The number of hydrogen-bond donors (Lipinski definition) is 1. The minimum absolute atomic E-state index is 0.134. The zero-order valence-corrected chi connectivity index (χ0v) is 15.4. The third-order valence-electron chi connectivity index (χ3n) is 3.59. The van der Waals surface area contributed by atoms with Crippen molar-refractivity contribution in [2.24, 2.45) is 0 Å². The first kappa shape index (κ1) is 17.7. The molecular formula is C18H18N2O3S2. The van der Waals surface area contributed by atoms with Crippen molar-refractivity contribution in [1.29, 1.82) is 0 Å². The van der Waals surface area contributed by atoms with Crippen LogP contribution in [0.2, 0.25) is 0 Å². The van der Waals surface area contributed by atoms with Crippen LogP contribution in [0.1, 0.15) is 19.8 Å². The molecule has 0 aliphatic carbocycles. The van der Waals surface area contributed by atoms with Gasteiger partial charge in [-0.05, 0) is 12.0 Å². The highest BCUT2D eigenvalue weighted by atomic mass is 32.2. The normalized spacial score (nSPS) is 10.9. The zero-order valence-electron chi connectivity index (χ0n) is 13.8. The fourth-order valence-electron chi connectivity index (χ4n) is 2.33. The van der Waals surface area contributed by atoms with Crippen molar-refractivity contribution in [3.63, 3.8) is 0 Å². The maximum Gasteiger partial charge on any atom is 0.316 e. The van der Waals surface area contributed by atoms with Crippen molar-refractivity contribution in [2.75, 3.05) is 12.4 Å². The third-order valence-corrected chi connectivity index (χ3v) is 5.31.